The Hall–Kier alpha value is -1.59. The second-order valence-electron chi connectivity index (χ2n) is 7.13. The molecular weight excluding hydrogens is 316 g/mol. The molecule has 1 aromatic carbocycles. The lowest BCUT2D eigenvalue weighted by atomic mass is 9.95. The van der Waals surface area contributed by atoms with Gasteiger partial charge in [0.2, 0.25) is 5.91 Å². The van der Waals surface area contributed by atoms with Crippen LogP contribution in [0.25, 0.3) is 0 Å². The highest BCUT2D eigenvalue weighted by atomic mass is 16.5. The molecule has 0 unspecified atom stereocenters. The lowest BCUT2D eigenvalue weighted by Crippen LogP contribution is -2.47. The molecule has 3 aliphatic heterocycles. The molecule has 3 saturated heterocycles. The van der Waals surface area contributed by atoms with Crippen LogP contribution in [0.4, 0.5) is 0 Å². The van der Waals surface area contributed by atoms with Gasteiger partial charge in [-0.05, 0) is 43.4 Å². The minimum atomic E-state index is 0.259. The van der Waals surface area contributed by atoms with Crippen LogP contribution in [0.15, 0.2) is 24.3 Å². The molecule has 5 nitrogen and oxygen atoms in total. The van der Waals surface area contributed by atoms with Gasteiger partial charge in [-0.3, -0.25) is 9.69 Å². The van der Waals surface area contributed by atoms with Gasteiger partial charge in [0.15, 0.2) is 0 Å². The van der Waals surface area contributed by atoms with Crippen LogP contribution in [0.3, 0.4) is 0 Å². The van der Waals surface area contributed by atoms with Crippen molar-refractivity contribution in [2.45, 2.75) is 38.8 Å². The summed E-state index contributed by atoms with van der Waals surface area (Å²) in [5, 5.41) is 0. The molecule has 2 atom stereocenters. The fraction of sp³-hybridized carbons (Fsp3) is 0.650. The Morgan fingerprint density at radius 2 is 1.96 bits per heavy atom. The van der Waals surface area contributed by atoms with E-state index in [1.165, 1.54) is 12.0 Å². The van der Waals surface area contributed by atoms with E-state index in [0.29, 0.717) is 31.6 Å². The number of hydrogen-bond donors (Lipinski definition) is 0. The van der Waals surface area contributed by atoms with Gasteiger partial charge in [0, 0.05) is 38.8 Å². The van der Waals surface area contributed by atoms with Crippen molar-refractivity contribution in [1.82, 2.24) is 9.80 Å². The van der Waals surface area contributed by atoms with Gasteiger partial charge in [0.25, 0.3) is 0 Å². The van der Waals surface area contributed by atoms with Gasteiger partial charge >= 0.3 is 0 Å². The van der Waals surface area contributed by atoms with Crippen LogP contribution >= 0.6 is 0 Å². The summed E-state index contributed by atoms with van der Waals surface area (Å²) in [5.74, 6) is 1.74. The zero-order chi connectivity index (χ0) is 17.6. The van der Waals surface area contributed by atoms with E-state index < -0.39 is 0 Å². The van der Waals surface area contributed by atoms with E-state index in [1.54, 1.807) is 7.11 Å². The summed E-state index contributed by atoms with van der Waals surface area (Å²) in [6.07, 6.45) is 2.87. The second kappa shape index (κ2) is 8.68. The summed E-state index contributed by atoms with van der Waals surface area (Å²) in [7, 11) is 1.69. The van der Waals surface area contributed by atoms with E-state index in [1.807, 2.05) is 19.1 Å². The lowest BCUT2D eigenvalue weighted by Gasteiger charge is -2.36. The quantitative estimate of drug-likeness (QED) is 0.712. The number of methoxy groups -OCH3 is 1. The molecule has 2 bridgehead atoms. The van der Waals surface area contributed by atoms with E-state index in [9.17, 15) is 4.79 Å². The van der Waals surface area contributed by atoms with Crippen LogP contribution in [-0.4, -0.2) is 61.7 Å². The van der Waals surface area contributed by atoms with Gasteiger partial charge in [-0.25, -0.2) is 0 Å². The Kier molecular flexibility index (Phi) is 6.32. The summed E-state index contributed by atoms with van der Waals surface area (Å²) < 4.78 is 10.6. The number of carbonyl (C=O) groups is 1. The predicted molar refractivity (Wildman–Crippen MR) is 97.6 cm³/mol. The van der Waals surface area contributed by atoms with Crippen molar-refractivity contribution >= 4 is 5.91 Å². The van der Waals surface area contributed by atoms with Gasteiger partial charge in [-0.15, -0.1) is 0 Å². The lowest BCUT2D eigenvalue weighted by molar-refractivity contribution is -0.136. The molecule has 3 fully saturated rings. The van der Waals surface area contributed by atoms with Crippen LogP contribution in [0.1, 0.15) is 31.7 Å². The average Bonchev–Trinajstić information content (AvgIpc) is 2.93. The SMILES string of the molecule is CCOCCC(=O)N1C[C@H]2CC[C@@H]1CN(Cc1ccc(OC)cc1)C2. The Morgan fingerprint density at radius 3 is 2.68 bits per heavy atom. The number of rotatable bonds is 7. The molecule has 1 aromatic rings. The summed E-state index contributed by atoms with van der Waals surface area (Å²) >= 11 is 0. The van der Waals surface area contributed by atoms with Crippen LogP contribution in [-0.2, 0) is 16.1 Å². The average molecular weight is 346 g/mol. The topological polar surface area (TPSA) is 42.0 Å². The standard InChI is InChI=1S/C20H30N2O3/c1-3-25-11-10-20(23)22-14-17-4-7-18(22)15-21(13-17)12-16-5-8-19(24-2)9-6-16/h5-6,8-9,17-18H,3-4,7,10-15H2,1-2H3/t17-,18+/m0/s1. The summed E-state index contributed by atoms with van der Waals surface area (Å²) in [6.45, 7) is 7.09. The van der Waals surface area contributed by atoms with Gasteiger partial charge < -0.3 is 14.4 Å². The highest BCUT2D eigenvalue weighted by Gasteiger charge is 2.36. The third-order valence-corrected chi connectivity index (χ3v) is 5.34. The molecule has 3 aliphatic rings. The normalized spacial score (nSPS) is 23.5. The number of hydrogen-bond acceptors (Lipinski definition) is 4. The van der Waals surface area contributed by atoms with Crippen molar-refractivity contribution in [3.05, 3.63) is 29.8 Å². The van der Waals surface area contributed by atoms with Crippen molar-refractivity contribution in [2.24, 2.45) is 5.92 Å². The first-order valence-corrected chi connectivity index (χ1v) is 9.42. The highest BCUT2D eigenvalue weighted by molar-refractivity contribution is 5.76. The largest absolute Gasteiger partial charge is 0.497 e. The monoisotopic (exact) mass is 346 g/mol. The number of amides is 1. The van der Waals surface area contributed by atoms with Crippen molar-refractivity contribution in [3.63, 3.8) is 0 Å². The highest BCUT2D eigenvalue weighted by Crippen LogP contribution is 2.29. The molecule has 0 saturated carbocycles. The maximum Gasteiger partial charge on any atom is 0.225 e. The van der Waals surface area contributed by atoms with Crippen molar-refractivity contribution in [1.29, 1.82) is 0 Å². The van der Waals surface area contributed by atoms with E-state index >= 15 is 0 Å². The predicted octanol–water partition coefficient (Wildman–Crippen LogP) is 2.54. The third kappa shape index (κ3) is 4.73. The second-order valence-corrected chi connectivity index (χ2v) is 7.13. The Labute approximate surface area is 150 Å². The van der Waals surface area contributed by atoms with Crippen molar-refractivity contribution in [2.75, 3.05) is 40.0 Å². The van der Waals surface area contributed by atoms with Crippen molar-refractivity contribution < 1.29 is 14.3 Å². The number of ether oxygens (including phenoxy) is 2. The molecule has 4 rings (SSSR count). The van der Waals surface area contributed by atoms with Crippen LogP contribution in [0, 0.1) is 5.92 Å². The maximum absolute atomic E-state index is 12.6. The summed E-state index contributed by atoms with van der Waals surface area (Å²) in [4.78, 5) is 17.2. The summed E-state index contributed by atoms with van der Waals surface area (Å²) in [6, 6.07) is 8.66. The first kappa shape index (κ1) is 18.2. The minimum absolute atomic E-state index is 0.259. The van der Waals surface area contributed by atoms with Gasteiger partial charge in [0.1, 0.15) is 5.75 Å². The van der Waals surface area contributed by atoms with E-state index in [-0.39, 0.29) is 5.91 Å². The van der Waals surface area contributed by atoms with Crippen LogP contribution in [0.2, 0.25) is 0 Å². The fourth-order valence-corrected chi connectivity index (χ4v) is 4.05. The van der Waals surface area contributed by atoms with Crippen LogP contribution in [0.5, 0.6) is 5.75 Å². The third-order valence-electron chi connectivity index (χ3n) is 5.34. The molecule has 0 aliphatic carbocycles. The Balaban J connectivity index is 1.59. The van der Waals surface area contributed by atoms with Crippen LogP contribution < -0.4 is 4.74 Å². The number of benzene rings is 1. The molecule has 3 heterocycles. The van der Waals surface area contributed by atoms with Gasteiger partial charge in [-0.2, -0.15) is 0 Å². The molecule has 0 spiro atoms. The number of piperidine rings is 1. The maximum atomic E-state index is 12.6. The zero-order valence-electron chi connectivity index (χ0n) is 15.4. The number of fused-ring (bicyclic) bond motifs is 4. The molecule has 5 heteroatoms. The van der Waals surface area contributed by atoms with Gasteiger partial charge in [-0.1, -0.05) is 12.1 Å². The molecule has 0 N–H and O–H groups in total. The van der Waals surface area contributed by atoms with E-state index in [0.717, 1.165) is 38.3 Å². The first-order chi connectivity index (χ1) is 12.2. The Morgan fingerprint density at radius 1 is 1.16 bits per heavy atom. The Bertz CT molecular complexity index is 561. The molecular formula is C20H30N2O3. The molecule has 1 amide bonds. The van der Waals surface area contributed by atoms with Gasteiger partial charge in [0.05, 0.1) is 20.1 Å². The van der Waals surface area contributed by atoms with E-state index in [4.69, 9.17) is 9.47 Å². The molecule has 138 valence electrons. The molecule has 0 radical (unpaired) electrons. The summed E-state index contributed by atoms with van der Waals surface area (Å²) in [5.41, 5.74) is 1.30. The van der Waals surface area contributed by atoms with E-state index in [2.05, 4.69) is 21.9 Å². The zero-order valence-corrected chi connectivity index (χ0v) is 15.4. The smallest absolute Gasteiger partial charge is 0.225 e. The molecule has 25 heavy (non-hydrogen) atoms. The number of nitrogens with zero attached hydrogens (tertiary/aromatic N) is 2. The minimum Gasteiger partial charge on any atom is -0.497 e. The molecule has 0 aromatic heterocycles. The fourth-order valence-electron chi connectivity index (χ4n) is 4.05. The number of carbonyl (C=O) groups excluding carboxylic acids is 1. The first-order valence-electron chi connectivity index (χ1n) is 9.42. The van der Waals surface area contributed by atoms with Crippen molar-refractivity contribution in [3.8, 4) is 5.75 Å².